The number of methoxy groups -OCH3 is 1. The quantitative estimate of drug-likeness (QED) is 0.367. The van der Waals surface area contributed by atoms with Crippen LogP contribution in [-0.4, -0.2) is 60.1 Å². The lowest BCUT2D eigenvalue weighted by Crippen LogP contribution is -2.24. The van der Waals surface area contributed by atoms with Crippen molar-refractivity contribution in [1.29, 1.82) is 5.26 Å². The van der Waals surface area contributed by atoms with Gasteiger partial charge < -0.3 is 19.1 Å². The van der Waals surface area contributed by atoms with Crippen LogP contribution in [0.1, 0.15) is 5.69 Å². The van der Waals surface area contributed by atoms with E-state index in [1.165, 1.54) is 0 Å². The van der Waals surface area contributed by atoms with Gasteiger partial charge in [-0.1, -0.05) is 6.08 Å². The maximum atomic E-state index is 12.7. The molecule has 36 heavy (non-hydrogen) atoms. The topological polar surface area (TPSA) is 87.3 Å². The molecule has 0 N–H and O–H groups in total. The zero-order chi connectivity index (χ0) is 25.8. The van der Waals surface area contributed by atoms with Crippen LogP contribution in [0.2, 0.25) is 0 Å². The summed E-state index contributed by atoms with van der Waals surface area (Å²) in [6, 6.07) is 13.5. The highest BCUT2D eigenvalue weighted by molar-refractivity contribution is 6.02. The number of fused-ring (bicyclic) bond motifs is 1. The molecule has 0 atom stereocenters. The second-order valence-corrected chi connectivity index (χ2v) is 8.77. The van der Waals surface area contributed by atoms with Crippen molar-refractivity contribution in [3.05, 3.63) is 72.8 Å². The minimum Gasteiger partial charge on any atom is -0.497 e. The van der Waals surface area contributed by atoms with Gasteiger partial charge in [0.05, 0.1) is 7.11 Å². The van der Waals surface area contributed by atoms with Crippen LogP contribution >= 0.6 is 0 Å². The predicted molar refractivity (Wildman–Crippen MR) is 142 cm³/mol. The van der Waals surface area contributed by atoms with Gasteiger partial charge in [-0.05, 0) is 55.6 Å². The van der Waals surface area contributed by atoms with Crippen LogP contribution in [0, 0.1) is 11.3 Å². The fraction of sp³-hybridized carbons (Fsp3) is 0.214. The Morgan fingerprint density at radius 2 is 1.92 bits per heavy atom. The van der Waals surface area contributed by atoms with Crippen molar-refractivity contribution in [2.24, 2.45) is 7.05 Å². The smallest absolute Gasteiger partial charge is 0.250 e. The Hall–Kier alpha value is -4.48. The van der Waals surface area contributed by atoms with Crippen LogP contribution in [-0.2, 0) is 11.8 Å². The first-order chi connectivity index (χ1) is 17.3. The number of nitriles is 1. The number of aryl methyl sites for hydroxylation is 1. The van der Waals surface area contributed by atoms with Crippen molar-refractivity contribution >= 4 is 22.6 Å². The summed E-state index contributed by atoms with van der Waals surface area (Å²) in [7, 11) is 9.20. The Balaban J connectivity index is 1.77. The van der Waals surface area contributed by atoms with E-state index in [0.29, 0.717) is 23.7 Å². The molecule has 182 valence electrons. The molecule has 0 radical (unpaired) electrons. The van der Waals surface area contributed by atoms with Crippen molar-refractivity contribution in [2.45, 2.75) is 0 Å². The van der Waals surface area contributed by atoms with Gasteiger partial charge in [-0.25, -0.2) is 9.97 Å². The molecule has 4 aromatic rings. The van der Waals surface area contributed by atoms with Crippen LogP contribution in [0.5, 0.6) is 5.75 Å². The average Bonchev–Trinajstić information content (AvgIpc) is 3.23. The lowest BCUT2D eigenvalue weighted by Gasteiger charge is -2.18. The molecule has 0 spiro atoms. The summed E-state index contributed by atoms with van der Waals surface area (Å²) in [5.41, 5.74) is 5.51. The monoisotopic (exact) mass is 480 g/mol. The molecule has 8 heteroatoms. The second-order valence-electron chi connectivity index (χ2n) is 8.77. The largest absolute Gasteiger partial charge is 0.497 e. The number of ether oxygens (including phenoxy) is 1. The zero-order valence-corrected chi connectivity index (χ0v) is 21.1. The zero-order valence-electron chi connectivity index (χ0n) is 21.1. The Morgan fingerprint density at radius 1 is 1.11 bits per heavy atom. The van der Waals surface area contributed by atoms with E-state index >= 15 is 0 Å². The molecule has 1 amide bonds. The highest BCUT2D eigenvalue weighted by atomic mass is 16.5. The number of aromatic nitrogens is 3. The van der Waals surface area contributed by atoms with E-state index in [1.54, 1.807) is 37.4 Å². The van der Waals surface area contributed by atoms with Crippen molar-refractivity contribution in [1.82, 2.24) is 19.4 Å². The molecule has 0 bridgehead atoms. The van der Waals surface area contributed by atoms with Gasteiger partial charge in [0.15, 0.2) is 0 Å². The van der Waals surface area contributed by atoms with Gasteiger partial charge in [0.25, 0.3) is 0 Å². The highest BCUT2D eigenvalue weighted by Crippen LogP contribution is 2.35. The summed E-state index contributed by atoms with van der Waals surface area (Å²) in [5, 5.41) is 10.2. The summed E-state index contributed by atoms with van der Waals surface area (Å²) in [5.74, 6) is 0.515. The van der Waals surface area contributed by atoms with Crippen LogP contribution in [0.15, 0.2) is 67.1 Å². The van der Waals surface area contributed by atoms with Crippen molar-refractivity contribution in [2.75, 3.05) is 39.7 Å². The van der Waals surface area contributed by atoms with Crippen LogP contribution in [0.3, 0.4) is 0 Å². The SMILES string of the molecule is COc1cc(-c2cnc3c(c2)c(-c2ccnc(C#N)c2)cn3C)cc(N(C)C(=O)/C=C/CN(C)C)c1. The van der Waals surface area contributed by atoms with Crippen molar-refractivity contribution in [3.63, 3.8) is 0 Å². The fourth-order valence-corrected chi connectivity index (χ4v) is 3.97. The molecule has 8 nitrogen and oxygen atoms in total. The van der Waals surface area contributed by atoms with Crippen LogP contribution in [0.25, 0.3) is 33.3 Å². The number of benzene rings is 1. The number of hydrogen-bond acceptors (Lipinski definition) is 6. The van der Waals surface area contributed by atoms with Gasteiger partial charge >= 0.3 is 0 Å². The number of carbonyl (C=O) groups excluding carboxylic acids is 1. The third-order valence-electron chi connectivity index (χ3n) is 5.91. The molecular formula is C28H28N6O2. The van der Waals surface area contributed by atoms with Gasteiger partial charge in [-0.15, -0.1) is 0 Å². The number of anilines is 1. The second kappa shape index (κ2) is 10.4. The molecule has 0 fully saturated rings. The molecule has 0 saturated heterocycles. The van der Waals surface area contributed by atoms with Gasteiger partial charge in [-0.3, -0.25) is 4.79 Å². The number of carbonyl (C=O) groups is 1. The van der Waals surface area contributed by atoms with E-state index in [0.717, 1.165) is 33.3 Å². The van der Waals surface area contributed by atoms with Gasteiger partial charge in [0.1, 0.15) is 23.2 Å². The molecule has 0 unspecified atom stereocenters. The van der Waals surface area contributed by atoms with Crippen molar-refractivity contribution < 1.29 is 9.53 Å². The Kier molecular flexibility index (Phi) is 7.13. The van der Waals surface area contributed by atoms with Crippen LogP contribution < -0.4 is 9.64 Å². The first kappa shape index (κ1) is 24.6. The summed E-state index contributed by atoms with van der Waals surface area (Å²) in [6.07, 6.45) is 8.87. The molecule has 0 aliphatic rings. The molecule has 0 aliphatic heterocycles. The van der Waals surface area contributed by atoms with E-state index in [4.69, 9.17) is 9.72 Å². The third-order valence-corrected chi connectivity index (χ3v) is 5.91. The highest BCUT2D eigenvalue weighted by Gasteiger charge is 2.15. The number of pyridine rings is 2. The van der Waals surface area contributed by atoms with Crippen molar-refractivity contribution in [3.8, 4) is 34.1 Å². The van der Waals surface area contributed by atoms with Gasteiger partial charge in [-0.2, -0.15) is 5.26 Å². The van der Waals surface area contributed by atoms with Gasteiger partial charge in [0, 0.05) is 73.6 Å². The third kappa shape index (κ3) is 5.11. The number of amides is 1. The number of likely N-dealkylation sites (N-methyl/N-ethyl adjacent to an activating group) is 2. The minimum atomic E-state index is -0.124. The van der Waals surface area contributed by atoms with Crippen LogP contribution in [0.4, 0.5) is 5.69 Å². The van der Waals surface area contributed by atoms with Gasteiger partial charge in [0.2, 0.25) is 5.91 Å². The van der Waals surface area contributed by atoms with E-state index in [2.05, 4.69) is 17.1 Å². The maximum Gasteiger partial charge on any atom is 0.250 e. The normalized spacial score (nSPS) is 11.2. The molecule has 1 aromatic carbocycles. The fourth-order valence-electron chi connectivity index (χ4n) is 3.97. The predicted octanol–water partition coefficient (Wildman–Crippen LogP) is 4.26. The molecular weight excluding hydrogens is 452 g/mol. The average molecular weight is 481 g/mol. The van der Waals surface area contributed by atoms with E-state index in [9.17, 15) is 10.1 Å². The number of rotatable bonds is 7. The lowest BCUT2D eigenvalue weighted by molar-refractivity contribution is -0.113. The molecule has 3 aromatic heterocycles. The lowest BCUT2D eigenvalue weighted by atomic mass is 10.0. The first-order valence-corrected chi connectivity index (χ1v) is 11.4. The first-order valence-electron chi connectivity index (χ1n) is 11.4. The Labute approximate surface area is 210 Å². The van der Waals surface area contributed by atoms with E-state index in [1.807, 2.05) is 73.3 Å². The maximum absolute atomic E-state index is 12.7. The standard InChI is InChI=1S/C28H28N6O2/c1-32(2)10-6-7-27(35)34(4)23-12-20(13-24(15-23)36-5)21-14-25-26(18-33(3)28(25)31-17-21)19-8-9-30-22(11-19)16-29/h6-9,11-15,17-18H,10H2,1-5H3/b7-6+. The summed E-state index contributed by atoms with van der Waals surface area (Å²) < 4.78 is 7.51. The summed E-state index contributed by atoms with van der Waals surface area (Å²) in [4.78, 5) is 25.1. The molecule has 4 rings (SSSR count). The number of nitrogens with zero attached hydrogens (tertiary/aromatic N) is 6. The van der Waals surface area contributed by atoms with E-state index < -0.39 is 0 Å². The Morgan fingerprint density at radius 3 is 2.64 bits per heavy atom. The summed E-state index contributed by atoms with van der Waals surface area (Å²) >= 11 is 0. The Bertz CT molecular complexity index is 1500. The number of hydrogen-bond donors (Lipinski definition) is 0. The molecule has 0 aliphatic carbocycles. The summed E-state index contributed by atoms with van der Waals surface area (Å²) in [6.45, 7) is 0.682. The minimum absolute atomic E-state index is 0.124. The molecule has 3 heterocycles. The van der Waals surface area contributed by atoms with E-state index in [-0.39, 0.29) is 5.91 Å². The molecule has 0 saturated carbocycles.